The van der Waals surface area contributed by atoms with E-state index in [9.17, 15) is 19.5 Å². The van der Waals surface area contributed by atoms with Gasteiger partial charge in [-0.1, -0.05) is 18.2 Å². The number of benzene rings is 2. The molecule has 0 radical (unpaired) electrons. The van der Waals surface area contributed by atoms with Gasteiger partial charge in [0.1, 0.15) is 5.75 Å². The number of urea groups is 1. The first-order valence-electron chi connectivity index (χ1n) is 11.7. The van der Waals surface area contributed by atoms with E-state index in [1.807, 2.05) is 49.4 Å². The fraction of sp³-hybridized carbons (Fsp3) is 0.423. The Balaban J connectivity index is 1.51. The molecule has 0 heterocycles. The van der Waals surface area contributed by atoms with Gasteiger partial charge in [-0.3, -0.25) is 4.79 Å². The first-order chi connectivity index (χ1) is 16.8. The molecule has 0 bridgehead atoms. The van der Waals surface area contributed by atoms with Gasteiger partial charge in [-0.25, -0.2) is 9.59 Å². The minimum atomic E-state index is -1.03. The zero-order valence-electron chi connectivity index (χ0n) is 20.3. The molecule has 1 unspecified atom stereocenters. The molecule has 9 nitrogen and oxygen atoms in total. The Morgan fingerprint density at radius 2 is 1.69 bits per heavy atom. The third-order valence-corrected chi connectivity index (χ3v) is 6.33. The molecule has 35 heavy (non-hydrogen) atoms. The lowest BCUT2D eigenvalue weighted by molar-refractivity contribution is -0.146. The molecule has 4 N–H and O–H groups in total. The van der Waals surface area contributed by atoms with Crippen LogP contribution in [0.4, 0.5) is 16.2 Å². The summed E-state index contributed by atoms with van der Waals surface area (Å²) in [7, 11) is 2.78. The lowest BCUT2D eigenvalue weighted by Crippen LogP contribution is -2.46. The summed E-state index contributed by atoms with van der Waals surface area (Å²) in [6.07, 6.45) is 3.05. The summed E-state index contributed by atoms with van der Waals surface area (Å²) < 4.78 is 9.89. The highest BCUT2D eigenvalue weighted by Gasteiger charge is 2.30. The lowest BCUT2D eigenvalue weighted by atomic mass is 9.78. The van der Waals surface area contributed by atoms with Crippen LogP contribution >= 0.6 is 0 Å². The van der Waals surface area contributed by atoms with Crippen LogP contribution in [0.3, 0.4) is 0 Å². The first-order valence-corrected chi connectivity index (χ1v) is 11.7. The van der Waals surface area contributed by atoms with Crippen LogP contribution in [0, 0.1) is 12.8 Å². The van der Waals surface area contributed by atoms with Gasteiger partial charge in [0.05, 0.1) is 26.5 Å². The van der Waals surface area contributed by atoms with Gasteiger partial charge in [-0.15, -0.1) is 0 Å². The van der Waals surface area contributed by atoms with Gasteiger partial charge in [0.2, 0.25) is 5.91 Å². The smallest absolute Gasteiger partial charge is 0.330 e. The maximum Gasteiger partial charge on any atom is 0.330 e. The fourth-order valence-electron chi connectivity index (χ4n) is 4.34. The van der Waals surface area contributed by atoms with Crippen LogP contribution in [0.5, 0.6) is 5.75 Å². The number of aliphatic hydroxyl groups excluding tert-OH is 1. The number of esters is 1. The van der Waals surface area contributed by atoms with Crippen molar-refractivity contribution in [2.45, 2.75) is 44.6 Å². The highest BCUT2D eigenvalue weighted by atomic mass is 16.5. The summed E-state index contributed by atoms with van der Waals surface area (Å²) in [6.45, 7) is 1.44. The average Bonchev–Trinajstić information content (AvgIpc) is 2.87. The highest BCUT2D eigenvalue weighted by molar-refractivity contribution is 6.00. The lowest BCUT2D eigenvalue weighted by Gasteiger charge is -2.29. The van der Waals surface area contributed by atoms with Crippen LogP contribution in [0.1, 0.15) is 42.7 Å². The van der Waals surface area contributed by atoms with Crippen LogP contribution < -0.4 is 20.7 Å². The number of anilines is 2. The number of aryl methyl sites for hydroxylation is 1. The zero-order valence-corrected chi connectivity index (χ0v) is 20.3. The van der Waals surface area contributed by atoms with Crippen LogP contribution in [0.15, 0.2) is 42.5 Å². The van der Waals surface area contributed by atoms with E-state index in [0.717, 1.165) is 24.0 Å². The predicted molar refractivity (Wildman–Crippen MR) is 133 cm³/mol. The van der Waals surface area contributed by atoms with Crippen LogP contribution in [-0.4, -0.2) is 49.9 Å². The van der Waals surface area contributed by atoms with Crippen LogP contribution in [-0.2, 0) is 14.3 Å². The summed E-state index contributed by atoms with van der Waals surface area (Å²) in [5, 5.41) is 17.5. The first kappa shape index (κ1) is 26.0. The Morgan fingerprint density at radius 1 is 1.00 bits per heavy atom. The van der Waals surface area contributed by atoms with E-state index in [0.29, 0.717) is 35.9 Å². The molecule has 3 amide bonds. The third-order valence-electron chi connectivity index (χ3n) is 6.33. The van der Waals surface area contributed by atoms with Gasteiger partial charge in [0, 0.05) is 11.6 Å². The zero-order chi connectivity index (χ0) is 25.4. The van der Waals surface area contributed by atoms with Gasteiger partial charge in [0.25, 0.3) is 0 Å². The summed E-state index contributed by atoms with van der Waals surface area (Å²) in [5.41, 5.74) is 3.43. The summed E-state index contributed by atoms with van der Waals surface area (Å²) in [6, 6.07) is 11.9. The maximum absolute atomic E-state index is 12.5. The van der Waals surface area contributed by atoms with Crippen molar-refractivity contribution in [3.63, 3.8) is 0 Å². The van der Waals surface area contributed by atoms with E-state index in [1.54, 1.807) is 7.11 Å². The number of hydrogen-bond acceptors (Lipinski definition) is 6. The standard InChI is InChI=1S/C26H33N3O6/c1-16-4-13-23(34-2)21(14-16)29-26(33)27-20-11-9-18(10-12-20)17-5-7-19(8-6-17)24(31)28-22(15-30)25(32)35-3/h4,9-14,17,19,22,30H,5-8,15H2,1-3H3,(H,28,31)(H2,27,29,33). The molecule has 1 fully saturated rings. The molecule has 1 aliphatic carbocycles. The van der Waals surface area contributed by atoms with E-state index in [-0.39, 0.29) is 17.9 Å². The highest BCUT2D eigenvalue weighted by Crippen LogP contribution is 2.36. The van der Waals surface area contributed by atoms with Crippen molar-refractivity contribution < 1.29 is 29.0 Å². The molecule has 2 aromatic carbocycles. The Morgan fingerprint density at radius 3 is 2.29 bits per heavy atom. The van der Waals surface area contributed by atoms with Crippen molar-refractivity contribution in [3.8, 4) is 5.75 Å². The Kier molecular flexibility index (Phi) is 9.08. The van der Waals surface area contributed by atoms with Gasteiger partial charge < -0.3 is 30.5 Å². The SMILES string of the molecule is COC(=O)C(CO)NC(=O)C1CCC(c2ccc(NC(=O)Nc3cc(C)ccc3OC)cc2)CC1. The van der Waals surface area contributed by atoms with Crippen molar-refractivity contribution in [3.05, 3.63) is 53.6 Å². The number of nitrogens with one attached hydrogen (secondary N) is 3. The number of carbonyl (C=O) groups excluding carboxylic acids is 3. The van der Waals surface area contributed by atoms with Crippen molar-refractivity contribution in [1.82, 2.24) is 5.32 Å². The molecule has 2 aromatic rings. The van der Waals surface area contributed by atoms with Gasteiger partial charge in [0.15, 0.2) is 6.04 Å². The molecule has 0 saturated heterocycles. The summed E-state index contributed by atoms with van der Waals surface area (Å²) >= 11 is 0. The maximum atomic E-state index is 12.5. The summed E-state index contributed by atoms with van der Waals surface area (Å²) in [4.78, 5) is 36.5. The Labute approximate surface area is 205 Å². The minimum absolute atomic E-state index is 0.201. The molecule has 0 aliphatic heterocycles. The quantitative estimate of drug-likeness (QED) is 0.425. The average molecular weight is 484 g/mol. The Bertz CT molecular complexity index is 1030. The van der Waals surface area contributed by atoms with E-state index in [1.165, 1.54) is 7.11 Å². The molecule has 1 atom stereocenters. The second-order valence-corrected chi connectivity index (χ2v) is 8.72. The van der Waals surface area contributed by atoms with E-state index < -0.39 is 18.6 Å². The molecule has 1 aliphatic rings. The largest absolute Gasteiger partial charge is 0.495 e. The molecule has 0 aromatic heterocycles. The minimum Gasteiger partial charge on any atom is -0.495 e. The fourth-order valence-corrected chi connectivity index (χ4v) is 4.34. The molecular formula is C26H33N3O6. The molecule has 3 rings (SSSR count). The van der Waals surface area contributed by atoms with Gasteiger partial charge >= 0.3 is 12.0 Å². The molecule has 0 spiro atoms. The predicted octanol–water partition coefficient (Wildman–Crippen LogP) is 3.57. The number of amides is 3. The number of aliphatic hydroxyl groups is 1. The van der Waals surface area contributed by atoms with Crippen molar-refractivity contribution in [2.75, 3.05) is 31.5 Å². The van der Waals surface area contributed by atoms with Crippen molar-refractivity contribution in [1.29, 1.82) is 0 Å². The second-order valence-electron chi connectivity index (χ2n) is 8.72. The van der Waals surface area contributed by atoms with E-state index >= 15 is 0 Å². The number of methoxy groups -OCH3 is 2. The summed E-state index contributed by atoms with van der Waals surface area (Å²) in [5.74, 6) is -0.192. The van der Waals surface area contributed by atoms with Crippen LogP contribution in [0.2, 0.25) is 0 Å². The van der Waals surface area contributed by atoms with Crippen molar-refractivity contribution >= 4 is 29.3 Å². The Hall–Kier alpha value is -3.59. The van der Waals surface area contributed by atoms with Gasteiger partial charge in [-0.05, 0) is 73.9 Å². The van der Waals surface area contributed by atoms with Crippen LogP contribution in [0.25, 0.3) is 0 Å². The number of ether oxygens (including phenoxy) is 2. The van der Waals surface area contributed by atoms with Gasteiger partial charge in [-0.2, -0.15) is 0 Å². The normalized spacial score (nSPS) is 18.2. The number of rotatable bonds is 8. The van der Waals surface area contributed by atoms with E-state index in [2.05, 4.69) is 20.7 Å². The topological polar surface area (TPSA) is 126 Å². The monoisotopic (exact) mass is 483 g/mol. The molecule has 9 heteroatoms. The third kappa shape index (κ3) is 6.95. The van der Waals surface area contributed by atoms with E-state index in [4.69, 9.17) is 4.74 Å². The van der Waals surface area contributed by atoms with Crippen molar-refractivity contribution in [2.24, 2.45) is 5.92 Å². The molecule has 188 valence electrons. The number of carbonyl (C=O) groups is 3. The second kappa shape index (κ2) is 12.2. The number of hydrogen-bond donors (Lipinski definition) is 4. The molecular weight excluding hydrogens is 450 g/mol. The molecule has 1 saturated carbocycles.